The summed E-state index contributed by atoms with van der Waals surface area (Å²) in [6.45, 7) is 4.58. The monoisotopic (exact) mass is 470 g/mol. The fourth-order valence-corrected chi connectivity index (χ4v) is 2.95. The van der Waals surface area contributed by atoms with Crippen LogP contribution in [0.3, 0.4) is 0 Å². The lowest BCUT2D eigenvalue weighted by molar-refractivity contribution is -0.384. The van der Waals surface area contributed by atoms with E-state index in [1.54, 1.807) is 18.2 Å². The number of hydrogen-bond acceptors (Lipinski definition) is 7. The zero-order chi connectivity index (χ0) is 24.9. The van der Waals surface area contributed by atoms with E-state index in [9.17, 15) is 19.7 Å². The van der Waals surface area contributed by atoms with Crippen LogP contribution in [0.5, 0.6) is 17.2 Å². The van der Waals surface area contributed by atoms with Crippen LogP contribution < -0.4 is 19.5 Å². The van der Waals surface area contributed by atoms with E-state index in [0.717, 1.165) is 24.8 Å². The predicted molar refractivity (Wildman–Crippen MR) is 127 cm³/mol. The van der Waals surface area contributed by atoms with Crippen molar-refractivity contribution < 1.29 is 28.7 Å². The summed E-state index contributed by atoms with van der Waals surface area (Å²) in [6, 6.07) is 9.93. The Morgan fingerprint density at radius 3 is 2.44 bits per heavy atom. The lowest BCUT2D eigenvalue weighted by Crippen LogP contribution is -2.22. The Morgan fingerprint density at radius 1 is 1.06 bits per heavy atom. The Bertz CT molecular complexity index is 1000. The highest BCUT2D eigenvalue weighted by atomic mass is 16.7. The quantitative estimate of drug-likeness (QED) is 0.108. The van der Waals surface area contributed by atoms with Crippen molar-refractivity contribution >= 4 is 17.7 Å². The second kappa shape index (κ2) is 13.6. The zero-order valence-corrected chi connectivity index (χ0v) is 19.6. The van der Waals surface area contributed by atoms with Gasteiger partial charge in [-0.05, 0) is 55.0 Å². The van der Waals surface area contributed by atoms with Crippen LogP contribution in [0.15, 0.2) is 54.6 Å². The second-order valence-corrected chi connectivity index (χ2v) is 7.89. The normalized spacial score (nSPS) is 10.8. The number of ether oxygens (including phenoxy) is 3. The minimum atomic E-state index is -1.02. The van der Waals surface area contributed by atoms with E-state index in [2.05, 4.69) is 31.3 Å². The Morgan fingerprint density at radius 2 is 1.79 bits per heavy atom. The Labute approximate surface area is 198 Å². The van der Waals surface area contributed by atoms with E-state index in [1.165, 1.54) is 31.4 Å². The van der Waals surface area contributed by atoms with Crippen LogP contribution in [0.1, 0.15) is 45.1 Å². The number of carbonyl (C=O) groups is 2. The van der Waals surface area contributed by atoms with E-state index < -0.39 is 11.1 Å². The van der Waals surface area contributed by atoms with Gasteiger partial charge in [-0.3, -0.25) is 14.9 Å². The third kappa shape index (κ3) is 9.32. The summed E-state index contributed by atoms with van der Waals surface area (Å²) in [7, 11) is 1.43. The number of nitrogens with zero attached hydrogens (tertiary/aromatic N) is 1. The van der Waals surface area contributed by atoms with Gasteiger partial charge in [-0.1, -0.05) is 32.1 Å². The third-order valence-electron chi connectivity index (χ3n) is 4.71. The van der Waals surface area contributed by atoms with Crippen molar-refractivity contribution in [2.45, 2.75) is 46.1 Å². The number of nitro groups is 1. The molecule has 2 aromatic rings. The molecule has 0 radical (unpaired) electrons. The fourth-order valence-electron chi connectivity index (χ4n) is 2.95. The highest BCUT2D eigenvalue weighted by Gasteiger charge is 2.14. The van der Waals surface area contributed by atoms with Crippen molar-refractivity contribution in [3.63, 3.8) is 0 Å². The van der Waals surface area contributed by atoms with Gasteiger partial charge < -0.3 is 19.5 Å². The number of amides is 1. The van der Waals surface area contributed by atoms with E-state index in [0.29, 0.717) is 24.6 Å². The molecule has 1 N–H and O–H groups in total. The van der Waals surface area contributed by atoms with Crippen molar-refractivity contribution in [2.24, 2.45) is 5.92 Å². The third-order valence-corrected chi connectivity index (χ3v) is 4.71. The van der Waals surface area contributed by atoms with Gasteiger partial charge in [0, 0.05) is 25.1 Å². The zero-order valence-electron chi connectivity index (χ0n) is 19.6. The van der Waals surface area contributed by atoms with Crippen molar-refractivity contribution in [1.29, 1.82) is 0 Å². The number of non-ortho nitro benzene ring substituents is 1. The first-order chi connectivity index (χ1) is 16.3. The van der Waals surface area contributed by atoms with Crippen LogP contribution in [0.4, 0.5) is 10.5 Å². The summed E-state index contributed by atoms with van der Waals surface area (Å²) >= 11 is 0. The van der Waals surface area contributed by atoms with Gasteiger partial charge in [0.05, 0.1) is 12.0 Å². The molecular weight excluding hydrogens is 440 g/mol. The molecule has 182 valence electrons. The fraction of sp³-hybridized carbons (Fsp3) is 0.360. The van der Waals surface area contributed by atoms with Crippen LogP contribution in [0.2, 0.25) is 0 Å². The van der Waals surface area contributed by atoms with Crippen LogP contribution in [-0.2, 0) is 11.3 Å². The first-order valence-corrected chi connectivity index (χ1v) is 11.0. The molecule has 0 aliphatic rings. The lowest BCUT2D eigenvalue weighted by atomic mass is 10.1. The molecule has 0 aromatic heterocycles. The van der Waals surface area contributed by atoms with Gasteiger partial charge in [0.25, 0.3) is 5.69 Å². The standard InChI is InChI=1S/C25H30N2O7/c1-18(2)8-6-4-5-7-9-24(28)26-17-19-10-15-22(23(16-19)32-3)34-25(29)33-21-13-11-20(12-14-21)27(30)31/h6,8,10-16,18H,4-5,7,9,17H2,1-3H3,(H,26,28)/b8-6+. The molecule has 2 aromatic carbocycles. The molecule has 0 saturated carbocycles. The average molecular weight is 471 g/mol. The highest BCUT2D eigenvalue weighted by Crippen LogP contribution is 2.29. The van der Waals surface area contributed by atoms with E-state index in [1.807, 2.05) is 0 Å². The molecule has 9 nitrogen and oxygen atoms in total. The van der Waals surface area contributed by atoms with Gasteiger partial charge in [-0.15, -0.1) is 0 Å². The van der Waals surface area contributed by atoms with Gasteiger partial charge in [0.1, 0.15) is 5.75 Å². The maximum Gasteiger partial charge on any atom is 0.519 e. The summed E-state index contributed by atoms with van der Waals surface area (Å²) in [5.41, 5.74) is 0.657. The maximum atomic E-state index is 12.1. The molecular formula is C25H30N2O7. The van der Waals surface area contributed by atoms with E-state index in [-0.39, 0.29) is 23.1 Å². The van der Waals surface area contributed by atoms with Crippen molar-refractivity contribution in [2.75, 3.05) is 7.11 Å². The van der Waals surface area contributed by atoms with Gasteiger partial charge in [-0.2, -0.15) is 0 Å². The van der Waals surface area contributed by atoms with Crippen LogP contribution in [0.25, 0.3) is 0 Å². The summed E-state index contributed by atoms with van der Waals surface area (Å²) in [5, 5.41) is 13.6. The molecule has 2 rings (SSSR count). The summed E-state index contributed by atoms with van der Waals surface area (Å²) in [4.78, 5) is 34.3. The molecule has 0 heterocycles. The van der Waals surface area contributed by atoms with Crippen LogP contribution >= 0.6 is 0 Å². The number of nitro benzene ring substituents is 1. The van der Waals surface area contributed by atoms with Crippen molar-refractivity contribution in [3.8, 4) is 17.2 Å². The van der Waals surface area contributed by atoms with Gasteiger partial charge in [0.2, 0.25) is 5.91 Å². The van der Waals surface area contributed by atoms with E-state index >= 15 is 0 Å². The first-order valence-electron chi connectivity index (χ1n) is 11.0. The molecule has 0 saturated heterocycles. The molecule has 9 heteroatoms. The number of unbranched alkanes of at least 4 members (excludes halogenated alkanes) is 2. The topological polar surface area (TPSA) is 117 Å². The maximum absolute atomic E-state index is 12.1. The molecule has 34 heavy (non-hydrogen) atoms. The first kappa shape index (κ1) is 26.4. The number of rotatable bonds is 12. The molecule has 0 fully saturated rings. The van der Waals surface area contributed by atoms with Gasteiger partial charge in [-0.25, -0.2) is 4.79 Å². The largest absolute Gasteiger partial charge is 0.519 e. The van der Waals surface area contributed by atoms with Gasteiger partial charge in [0.15, 0.2) is 11.5 Å². The Hall–Kier alpha value is -3.88. The molecule has 1 amide bonds. The van der Waals surface area contributed by atoms with Crippen molar-refractivity contribution in [3.05, 3.63) is 70.3 Å². The second-order valence-electron chi connectivity index (χ2n) is 7.89. The van der Waals surface area contributed by atoms with Crippen LogP contribution in [-0.4, -0.2) is 24.1 Å². The Balaban J connectivity index is 1.82. The molecule has 0 unspecified atom stereocenters. The summed E-state index contributed by atoms with van der Waals surface area (Å²) in [5.74, 6) is 1.05. The van der Waals surface area contributed by atoms with E-state index in [4.69, 9.17) is 14.2 Å². The Kier molecular flexibility index (Phi) is 10.6. The lowest BCUT2D eigenvalue weighted by Gasteiger charge is -2.12. The predicted octanol–water partition coefficient (Wildman–Crippen LogP) is 5.57. The SMILES string of the molecule is COc1cc(CNC(=O)CCCC/C=C/C(C)C)ccc1OC(=O)Oc1ccc([N+](=O)[O-])cc1. The number of nitrogens with one attached hydrogen (secondary N) is 1. The molecule has 0 bridgehead atoms. The summed E-state index contributed by atoms with van der Waals surface area (Å²) < 4.78 is 15.5. The van der Waals surface area contributed by atoms with Crippen molar-refractivity contribution in [1.82, 2.24) is 5.32 Å². The number of methoxy groups -OCH3 is 1. The van der Waals surface area contributed by atoms with Crippen LogP contribution in [0, 0.1) is 16.0 Å². The highest BCUT2D eigenvalue weighted by molar-refractivity contribution is 5.75. The molecule has 0 spiro atoms. The van der Waals surface area contributed by atoms with Gasteiger partial charge >= 0.3 is 6.16 Å². The molecule has 0 aliphatic heterocycles. The minimum absolute atomic E-state index is 0.0289. The number of hydrogen-bond donors (Lipinski definition) is 1. The number of allylic oxidation sites excluding steroid dienone is 2. The number of benzene rings is 2. The average Bonchev–Trinajstić information content (AvgIpc) is 2.80. The molecule has 0 atom stereocenters. The smallest absolute Gasteiger partial charge is 0.493 e. The minimum Gasteiger partial charge on any atom is -0.493 e. The molecule has 0 aliphatic carbocycles. The number of carbonyl (C=O) groups excluding carboxylic acids is 2. The summed E-state index contributed by atoms with van der Waals surface area (Å²) in [6.07, 6.45) is 6.51.